The van der Waals surface area contributed by atoms with Crippen LogP contribution in [0.1, 0.15) is 13.4 Å². The van der Waals surface area contributed by atoms with E-state index in [1.165, 1.54) is 5.56 Å². The maximum absolute atomic E-state index is 6.61. The van der Waals surface area contributed by atoms with E-state index in [2.05, 4.69) is 24.5 Å². The highest BCUT2D eigenvalue weighted by atomic mass is 13.9. The van der Waals surface area contributed by atoms with E-state index in [1.54, 1.807) is 0 Å². The Morgan fingerprint density at radius 3 is 2.90 bits per heavy atom. The van der Waals surface area contributed by atoms with Crippen LogP contribution in [-0.4, -0.2) is 0 Å². The van der Waals surface area contributed by atoms with Crippen molar-refractivity contribution in [3.63, 3.8) is 0 Å². The van der Waals surface area contributed by atoms with Gasteiger partial charge in [0.05, 0.1) is 0 Å². The molecule has 0 saturated carbocycles. The first-order chi connectivity index (χ1) is 5.43. The maximum atomic E-state index is 6.61. The third-order valence-corrected chi connectivity index (χ3v) is 1.38. The van der Waals surface area contributed by atoms with Crippen LogP contribution in [0.25, 0.3) is 0 Å². The van der Waals surface area contributed by atoms with Crippen molar-refractivity contribution in [2.24, 2.45) is 0 Å². The van der Waals surface area contributed by atoms with Crippen molar-refractivity contribution in [1.29, 1.82) is 0 Å². The van der Waals surface area contributed by atoms with Gasteiger partial charge in [0, 0.05) is 6.42 Å². The van der Waals surface area contributed by atoms with Gasteiger partial charge in [0.1, 0.15) is 1.37 Å². The zero-order valence-electron chi connectivity index (χ0n) is 6.80. The Labute approximate surface area is 63.3 Å². The fourth-order valence-corrected chi connectivity index (χ4v) is 0.852. The Bertz CT molecular complexity index is 253. The zero-order chi connectivity index (χ0) is 7.94. The lowest BCUT2D eigenvalue weighted by molar-refractivity contribution is 1.03. The van der Waals surface area contributed by atoms with Crippen LogP contribution in [-0.2, 0) is 6.42 Å². The number of benzene rings is 1. The van der Waals surface area contributed by atoms with Gasteiger partial charge in [0.25, 0.3) is 0 Å². The minimum atomic E-state index is 0.785. The van der Waals surface area contributed by atoms with Crippen molar-refractivity contribution in [2.45, 2.75) is 12.8 Å². The summed E-state index contributed by atoms with van der Waals surface area (Å²) in [7, 11) is 0. The Balaban J connectivity index is 2.43. The Morgan fingerprint density at radius 2 is 2.20 bits per heavy atom. The normalized spacial score (nSPS) is 9.40. The molecule has 1 aromatic carbocycles. The first-order valence-corrected chi connectivity index (χ1v) is 3.37. The average Bonchev–Trinajstić information content (AvgIpc) is 2.07. The zero-order valence-corrected chi connectivity index (χ0v) is 5.80. The van der Waals surface area contributed by atoms with Gasteiger partial charge in [-0.25, -0.2) is 0 Å². The van der Waals surface area contributed by atoms with E-state index in [0.29, 0.717) is 0 Å². The molecular weight excluding hydrogens is 120 g/mol. The van der Waals surface area contributed by atoms with Crippen molar-refractivity contribution in [3.05, 3.63) is 35.9 Å². The maximum Gasteiger partial charge on any atom is 0.124 e. The van der Waals surface area contributed by atoms with Gasteiger partial charge in [-0.05, 0) is 12.0 Å². The van der Waals surface area contributed by atoms with Crippen LogP contribution in [0.4, 0.5) is 0 Å². The van der Waals surface area contributed by atoms with Gasteiger partial charge in [-0.1, -0.05) is 30.3 Å². The van der Waals surface area contributed by atoms with Crippen LogP contribution in [0.3, 0.4) is 0 Å². The predicted octanol–water partition coefficient (Wildman–Crippen LogP) is 2.25. The number of hydrogen-bond donors (Lipinski definition) is 0. The molecule has 0 spiro atoms. The number of rotatable bonds is 2. The summed E-state index contributed by atoms with van der Waals surface area (Å²) in [6.07, 6.45) is 3.87. The van der Waals surface area contributed by atoms with Gasteiger partial charge >= 0.3 is 0 Å². The molecule has 0 unspecified atom stereocenters. The third-order valence-electron chi connectivity index (χ3n) is 1.38. The molecule has 0 bridgehead atoms. The van der Waals surface area contributed by atoms with Crippen molar-refractivity contribution in [2.75, 3.05) is 0 Å². The van der Waals surface area contributed by atoms with Gasteiger partial charge in [0.15, 0.2) is 0 Å². The first-order valence-electron chi connectivity index (χ1n) is 3.87. The van der Waals surface area contributed by atoms with Crippen LogP contribution < -0.4 is 0 Å². The van der Waals surface area contributed by atoms with E-state index in [9.17, 15) is 0 Å². The summed E-state index contributed by atoms with van der Waals surface area (Å²) in [5, 5.41) is 0. The van der Waals surface area contributed by atoms with E-state index in [0.717, 1.165) is 12.8 Å². The number of hydrogen-bond acceptors (Lipinski definition) is 0. The summed E-state index contributed by atoms with van der Waals surface area (Å²) < 4.78 is 6.61. The molecular formula is C10H10. The summed E-state index contributed by atoms with van der Waals surface area (Å²) in [6.45, 7) is 0. The molecule has 1 rings (SSSR count). The fraction of sp³-hybridized carbons (Fsp3) is 0.200. The van der Waals surface area contributed by atoms with E-state index in [1.807, 2.05) is 18.2 Å². The predicted molar refractivity (Wildman–Crippen MR) is 43.6 cm³/mol. The summed E-state index contributed by atoms with van der Waals surface area (Å²) >= 11 is 0. The Morgan fingerprint density at radius 1 is 1.40 bits per heavy atom. The molecule has 0 amide bonds. The van der Waals surface area contributed by atoms with E-state index in [-0.39, 0.29) is 0 Å². The van der Waals surface area contributed by atoms with Gasteiger partial charge in [-0.2, -0.15) is 0 Å². The van der Waals surface area contributed by atoms with Crippen molar-refractivity contribution >= 4 is 0 Å². The van der Waals surface area contributed by atoms with Crippen molar-refractivity contribution in [1.82, 2.24) is 0 Å². The highest BCUT2D eigenvalue weighted by Crippen LogP contribution is 2.00. The van der Waals surface area contributed by atoms with Crippen molar-refractivity contribution < 1.29 is 1.37 Å². The summed E-state index contributed by atoms with van der Waals surface area (Å²) in [5.74, 6) is 2.71. The summed E-state index contributed by atoms with van der Waals surface area (Å²) in [6, 6.07) is 10.2. The summed E-state index contributed by atoms with van der Waals surface area (Å²) in [5.41, 5.74) is 1.29. The molecule has 0 aliphatic carbocycles. The van der Waals surface area contributed by atoms with Crippen LogP contribution in [0, 0.1) is 12.3 Å². The molecule has 0 heteroatoms. The quantitative estimate of drug-likeness (QED) is 0.540. The molecule has 0 aliphatic heterocycles. The smallest absolute Gasteiger partial charge is 0.120 e. The number of terminal acetylenes is 1. The fourth-order valence-electron chi connectivity index (χ4n) is 0.852. The number of aryl methyl sites for hydroxylation is 1. The molecule has 0 atom stereocenters. The molecule has 10 heavy (non-hydrogen) atoms. The monoisotopic (exact) mass is 131 g/mol. The molecule has 0 aliphatic rings. The average molecular weight is 131 g/mol. The minimum absolute atomic E-state index is 0.785. The molecule has 50 valence electrons. The second-order valence-corrected chi connectivity index (χ2v) is 2.16. The van der Waals surface area contributed by atoms with Crippen LogP contribution in [0.2, 0.25) is 0 Å². The van der Waals surface area contributed by atoms with Crippen molar-refractivity contribution in [3.8, 4) is 12.3 Å². The van der Waals surface area contributed by atoms with E-state index >= 15 is 0 Å². The Hall–Kier alpha value is -1.22. The van der Waals surface area contributed by atoms with E-state index < -0.39 is 0 Å². The highest BCUT2D eigenvalue weighted by Gasteiger charge is 1.86. The largest absolute Gasteiger partial charge is 0.124 e. The lowest BCUT2D eigenvalue weighted by Crippen LogP contribution is -1.80. The highest BCUT2D eigenvalue weighted by molar-refractivity contribution is 5.15. The molecule has 0 heterocycles. The topological polar surface area (TPSA) is 0 Å². The lowest BCUT2D eigenvalue weighted by atomic mass is 10.1. The van der Waals surface area contributed by atoms with Crippen LogP contribution in [0.15, 0.2) is 30.3 Å². The van der Waals surface area contributed by atoms with Gasteiger partial charge < -0.3 is 0 Å². The standard InChI is InChI=1S/C10H10/c1-2-3-7-10-8-5-4-6-9-10/h1,4-6,8-9H,3,7H2/i1D. The lowest BCUT2D eigenvalue weighted by Gasteiger charge is -1.93. The molecule has 0 N–H and O–H groups in total. The Kier molecular flexibility index (Phi) is 2.08. The minimum Gasteiger partial charge on any atom is -0.120 e. The molecule has 0 fully saturated rings. The van der Waals surface area contributed by atoms with E-state index in [4.69, 9.17) is 1.37 Å². The molecule has 0 nitrogen and oxygen atoms in total. The summed E-state index contributed by atoms with van der Waals surface area (Å²) in [4.78, 5) is 0. The molecule has 1 aromatic rings. The second-order valence-electron chi connectivity index (χ2n) is 2.16. The second kappa shape index (κ2) is 3.74. The molecule has 0 radical (unpaired) electrons. The van der Waals surface area contributed by atoms with Gasteiger partial charge in [-0.15, -0.1) is 12.3 Å². The van der Waals surface area contributed by atoms with Gasteiger partial charge in [0.2, 0.25) is 0 Å². The first kappa shape index (κ1) is 5.56. The molecule has 0 aromatic heterocycles. The van der Waals surface area contributed by atoms with Crippen LogP contribution >= 0.6 is 0 Å². The SMILES string of the molecule is [2H]C#CCCc1ccccc1. The molecule has 0 saturated heterocycles. The van der Waals surface area contributed by atoms with Gasteiger partial charge in [-0.3, -0.25) is 0 Å². The third kappa shape index (κ3) is 1.95. The van der Waals surface area contributed by atoms with Crippen LogP contribution in [0.5, 0.6) is 0 Å².